The van der Waals surface area contributed by atoms with Gasteiger partial charge < -0.3 is 9.84 Å². The molecule has 4 nitrogen and oxygen atoms in total. The molecular formula is C12H16O4. The van der Waals surface area contributed by atoms with E-state index in [1.54, 1.807) is 13.8 Å². The number of carbonyl (C=O) groups is 2. The van der Waals surface area contributed by atoms with Gasteiger partial charge >= 0.3 is 11.9 Å². The van der Waals surface area contributed by atoms with Crippen molar-refractivity contribution in [2.24, 2.45) is 23.7 Å². The lowest BCUT2D eigenvalue weighted by atomic mass is 9.83. The average Bonchev–Trinajstić information content (AvgIpc) is 2.74. The molecule has 2 rings (SSSR count). The van der Waals surface area contributed by atoms with Crippen molar-refractivity contribution in [3.63, 3.8) is 0 Å². The molecule has 0 saturated heterocycles. The molecule has 88 valence electrons. The molecular weight excluding hydrogens is 208 g/mol. The number of aliphatic carboxylic acids is 1. The van der Waals surface area contributed by atoms with E-state index in [-0.39, 0.29) is 23.9 Å². The predicted octanol–water partition coefficient (Wildman–Crippen LogP) is 1.46. The number of esters is 1. The van der Waals surface area contributed by atoms with Crippen LogP contribution in [0.4, 0.5) is 0 Å². The quantitative estimate of drug-likeness (QED) is 0.582. The number of carboxylic acid groups (broad SMARTS) is 1. The van der Waals surface area contributed by atoms with Crippen molar-refractivity contribution in [1.29, 1.82) is 0 Å². The molecule has 0 aromatic heterocycles. The highest BCUT2D eigenvalue weighted by molar-refractivity contribution is 5.83. The molecule has 2 aliphatic carbocycles. The van der Waals surface area contributed by atoms with E-state index in [0.29, 0.717) is 0 Å². The minimum atomic E-state index is -0.887. The Hall–Kier alpha value is -1.32. The van der Waals surface area contributed by atoms with Crippen molar-refractivity contribution in [2.45, 2.75) is 26.4 Å². The van der Waals surface area contributed by atoms with Crippen LogP contribution in [0.3, 0.4) is 0 Å². The summed E-state index contributed by atoms with van der Waals surface area (Å²) in [5.41, 5.74) is 0. The standard InChI is InChI=1S/C12H16O4/c1-6(2)16-12(15)10-8-4-3-7(5-8)9(10)11(13)14/h3-4,6-10H,5H2,1-2H3,(H,13,14)/t7-,8+,9-,10-/m0/s1. The first-order chi connectivity index (χ1) is 7.50. The number of allylic oxidation sites excluding steroid dienone is 2. The Morgan fingerprint density at radius 1 is 1.25 bits per heavy atom. The second kappa shape index (κ2) is 3.92. The van der Waals surface area contributed by atoms with Gasteiger partial charge in [0.1, 0.15) is 0 Å². The monoisotopic (exact) mass is 224 g/mol. The SMILES string of the molecule is CC(C)OC(=O)[C@@H]1[C@@H](C(=O)O)[C@H]2C=C[C@@H]1C2. The molecule has 1 saturated carbocycles. The Balaban J connectivity index is 2.16. The molecule has 4 atom stereocenters. The summed E-state index contributed by atoms with van der Waals surface area (Å²) in [7, 11) is 0. The first kappa shape index (κ1) is 11.2. The third-order valence-corrected chi connectivity index (χ3v) is 3.37. The van der Waals surface area contributed by atoms with Crippen LogP contribution in [0.5, 0.6) is 0 Å². The van der Waals surface area contributed by atoms with E-state index in [4.69, 9.17) is 9.84 Å². The number of fused-ring (bicyclic) bond motifs is 2. The van der Waals surface area contributed by atoms with Crippen LogP contribution < -0.4 is 0 Å². The van der Waals surface area contributed by atoms with Gasteiger partial charge in [0.05, 0.1) is 17.9 Å². The van der Waals surface area contributed by atoms with Gasteiger partial charge in [0.25, 0.3) is 0 Å². The molecule has 16 heavy (non-hydrogen) atoms. The van der Waals surface area contributed by atoms with Crippen molar-refractivity contribution in [3.8, 4) is 0 Å². The number of hydrogen-bond donors (Lipinski definition) is 1. The molecule has 0 heterocycles. The number of ether oxygens (including phenoxy) is 1. The fourth-order valence-corrected chi connectivity index (χ4v) is 2.79. The Morgan fingerprint density at radius 2 is 1.81 bits per heavy atom. The van der Waals surface area contributed by atoms with Crippen LogP contribution in [-0.2, 0) is 14.3 Å². The first-order valence-electron chi connectivity index (χ1n) is 5.62. The minimum Gasteiger partial charge on any atom is -0.481 e. The Labute approximate surface area is 94.3 Å². The molecule has 1 fully saturated rings. The summed E-state index contributed by atoms with van der Waals surface area (Å²) < 4.78 is 5.13. The lowest BCUT2D eigenvalue weighted by molar-refractivity contribution is -0.161. The molecule has 0 amide bonds. The summed E-state index contributed by atoms with van der Waals surface area (Å²) in [6, 6.07) is 0. The highest BCUT2D eigenvalue weighted by atomic mass is 16.5. The largest absolute Gasteiger partial charge is 0.481 e. The van der Waals surface area contributed by atoms with Crippen LogP contribution in [0.2, 0.25) is 0 Å². The number of rotatable bonds is 3. The molecule has 4 heteroatoms. The number of carboxylic acids is 1. The number of hydrogen-bond acceptors (Lipinski definition) is 3. The van der Waals surface area contributed by atoms with Crippen LogP contribution in [0, 0.1) is 23.7 Å². The molecule has 0 aliphatic heterocycles. The molecule has 0 radical (unpaired) electrons. The van der Waals surface area contributed by atoms with Crippen molar-refractivity contribution in [2.75, 3.05) is 0 Å². The van der Waals surface area contributed by atoms with Gasteiger partial charge in [-0.25, -0.2) is 0 Å². The second-order valence-electron chi connectivity index (χ2n) is 4.82. The van der Waals surface area contributed by atoms with E-state index >= 15 is 0 Å². The van der Waals surface area contributed by atoms with E-state index in [1.165, 1.54) is 0 Å². The Bertz CT molecular complexity index is 345. The first-order valence-corrected chi connectivity index (χ1v) is 5.62. The highest BCUT2D eigenvalue weighted by Crippen LogP contribution is 2.48. The third-order valence-electron chi connectivity index (χ3n) is 3.37. The highest BCUT2D eigenvalue weighted by Gasteiger charge is 2.52. The molecule has 0 spiro atoms. The van der Waals surface area contributed by atoms with Gasteiger partial charge in [-0.3, -0.25) is 9.59 Å². The average molecular weight is 224 g/mol. The van der Waals surface area contributed by atoms with Gasteiger partial charge in [-0.15, -0.1) is 0 Å². The second-order valence-corrected chi connectivity index (χ2v) is 4.82. The van der Waals surface area contributed by atoms with Gasteiger partial charge in [0, 0.05) is 0 Å². The van der Waals surface area contributed by atoms with E-state index in [0.717, 1.165) is 6.42 Å². The van der Waals surface area contributed by atoms with E-state index < -0.39 is 17.8 Å². The molecule has 0 aromatic carbocycles. The zero-order valence-corrected chi connectivity index (χ0v) is 9.42. The topological polar surface area (TPSA) is 63.6 Å². The van der Waals surface area contributed by atoms with Crippen molar-refractivity contribution < 1.29 is 19.4 Å². The Kier molecular flexibility index (Phi) is 2.74. The lowest BCUT2D eigenvalue weighted by Gasteiger charge is -2.23. The molecule has 1 N–H and O–H groups in total. The van der Waals surface area contributed by atoms with Gasteiger partial charge in [-0.1, -0.05) is 12.2 Å². The van der Waals surface area contributed by atoms with Crippen LogP contribution in [0.25, 0.3) is 0 Å². The van der Waals surface area contributed by atoms with Crippen LogP contribution in [0.15, 0.2) is 12.2 Å². The van der Waals surface area contributed by atoms with E-state index in [2.05, 4.69) is 0 Å². The summed E-state index contributed by atoms with van der Waals surface area (Å²) in [4.78, 5) is 23.0. The minimum absolute atomic E-state index is 0.00668. The number of carbonyl (C=O) groups excluding carboxylic acids is 1. The summed E-state index contributed by atoms with van der Waals surface area (Å²) in [6.45, 7) is 3.55. The Morgan fingerprint density at radius 3 is 2.31 bits per heavy atom. The van der Waals surface area contributed by atoms with Gasteiger partial charge in [0.15, 0.2) is 0 Å². The summed E-state index contributed by atoms with van der Waals surface area (Å²) in [5, 5.41) is 9.15. The summed E-state index contributed by atoms with van der Waals surface area (Å²) in [5.74, 6) is -2.28. The molecule has 2 bridgehead atoms. The van der Waals surface area contributed by atoms with E-state index in [9.17, 15) is 9.59 Å². The zero-order valence-electron chi connectivity index (χ0n) is 9.42. The fourth-order valence-electron chi connectivity index (χ4n) is 2.79. The summed E-state index contributed by atoms with van der Waals surface area (Å²) >= 11 is 0. The molecule has 2 aliphatic rings. The van der Waals surface area contributed by atoms with E-state index in [1.807, 2.05) is 12.2 Å². The van der Waals surface area contributed by atoms with Crippen LogP contribution in [0.1, 0.15) is 20.3 Å². The maximum Gasteiger partial charge on any atom is 0.310 e. The van der Waals surface area contributed by atoms with Gasteiger partial charge in [-0.05, 0) is 32.1 Å². The van der Waals surface area contributed by atoms with Crippen molar-refractivity contribution in [3.05, 3.63) is 12.2 Å². The zero-order chi connectivity index (χ0) is 11.9. The smallest absolute Gasteiger partial charge is 0.310 e. The van der Waals surface area contributed by atoms with Crippen LogP contribution >= 0.6 is 0 Å². The van der Waals surface area contributed by atoms with Crippen molar-refractivity contribution >= 4 is 11.9 Å². The third kappa shape index (κ3) is 1.72. The maximum atomic E-state index is 11.8. The van der Waals surface area contributed by atoms with Gasteiger partial charge in [0.2, 0.25) is 0 Å². The normalized spacial score (nSPS) is 35.7. The predicted molar refractivity (Wildman–Crippen MR) is 56.6 cm³/mol. The maximum absolute atomic E-state index is 11.8. The lowest BCUT2D eigenvalue weighted by Crippen LogP contribution is -2.35. The van der Waals surface area contributed by atoms with Crippen LogP contribution in [-0.4, -0.2) is 23.1 Å². The van der Waals surface area contributed by atoms with Gasteiger partial charge in [-0.2, -0.15) is 0 Å². The van der Waals surface area contributed by atoms with Crippen molar-refractivity contribution in [1.82, 2.24) is 0 Å². The summed E-state index contributed by atoms with van der Waals surface area (Å²) in [6.07, 6.45) is 4.46. The molecule has 0 aromatic rings. The molecule has 0 unspecified atom stereocenters. The fraction of sp³-hybridized carbons (Fsp3) is 0.667.